The molecule has 0 aliphatic carbocycles. The summed E-state index contributed by atoms with van der Waals surface area (Å²) < 4.78 is 4.38. The molecule has 0 radical (unpaired) electrons. The van der Waals surface area contributed by atoms with E-state index in [4.69, 9.17) is 0 Å². The predicted octanol–water partition coefficient (Wildman–Crippen LogP) is 13.4. The monoisotopic (exact) mass is 904 g/mol. The molecule has 0 aliphatic rings. The van der Waals surface area contributed by atoms with Crippen molar-refractivity contribution < 1.29 is 0 Å². The van der Waals surface area contributed by atoms with Gasteiger partial charge in [-0.1, -0.05) is 156 Å². The first-order valence-electron chi connectivity index (χ1n) is 26.3. The lowest BCUT2D eigenvalue weighted by Gasteiger charge is -2.24. The molecule has 0 N–H and O–H groups in total. The van der Waals surface area contributed by atoms with E-state index in [1.807, 2.05) is 31.2 Å². The third-order valence-electron chi connectivity index (χ3n) is 15.6. The molecule has 9 heteroatoms. The number of aromatic nitrogens is 3. The summed E-state index contributed by atoms with van der Waals surface area (Å²) in [6.07, 6.45) is 20.9. The maximum atomic E-state index is 15.3. The zero-order valence-electron chi connectivity index (χ0n) is 40.7. The second kappa shape index (κ2) is 19.7. The average molecular weight is 904 g/mol. The average Bonchev–Trinajstić information content (AvgIpc) is 3.58. The molecule has 0 aliphatic heterocycles. The van der Waals surface area contributed by atoms with E-state index >= 15 is 9.59 Å². The molecule has 0 amide bonds. The van der Waals surface area contributed by atoms with Crippen molar-refractivity contribution in [1.82, 2.24) is 13.7 Å². The highest BCUT2D eigenvalue weighted by molar-refractivity contribution is 6.48. The van der Waals surface area contributed by atoms with Crippen LogP contribution in [-0.2, 0) is 6.54 Å². The number of benzene rings is 6. The van der Waals surface area contributed by atoms with Gasteiger partial charge in [0.05, 0.1) is 10.8 Å². The van der Waals surface area contributed by atoms with Crippen LogP contribution in [0.4, 0.5) is 0 Å². The van der Waals surface area contributed by atoms with Gasteiger partial charge in [0.2, 0.25) is 0 Å². The number of unbranched alkanes of at least 4 members (excludes halogenated alkanes) is 13. The van der Waals surface area contributed by atoms with Gasteiger partial charge in [0.15, 0.2) is 0 Å². The van der Waals surface area contributed by atoms with Gasteiger partial charge in [-0.25, -0.2) is 0 Å². The summed E-state index contributed by atoms with van der Waals surface area (Å²) in [6, 6.07) is 10.7. The summed E-state index contributed by atoms with van der Waals surface area (Å²) in [6.45, 7) is 11.0. The standard InChI is InChI=1S/C58H69N3O6/c1-6-11-16-20-24-35(25-21-17-12-7-2)60-53(62)39-30-28-37-38-29-31-40-46-44(56(65)61(54(40)63)36(26-22-18-13-8-3)27-23-19-14-9-4)34-42-50(48(38)46)49-41(33-43(55(60)64)45(39)47(37)49)51-52(42)58(67)59(57(51)66)32-15-10-5/h28-31,33-36H,6-27,32H2,1-5H3. The fourth-order valence-electron chi connectivity index (χ4n) is 12.2. The van der Waals surface area contributed by atoms with Crippen molar-refractivity contribution in [2.75, 3.05) is 0 Å². The van der Waals surface area contributed by atoms with Gasteiger partial charge in [0.25, 0.3) is 33.4 Å². The van der Waals surface area contributed by atoms with Crippen molar-refractivity contribution in [3.05, 3.63) is 98.5 Å². The lowest BCUT2D eigenvalue weighted by Crippen LogP contribution is -2.37. The fourth-order valence-corrected chi connectivity index (χ4v) is 12.2. The summed E-state index contributed by atoms with van der Waals surface area (Å²) in [7, 11) is 0. The molecule has 0 fully saturated rings. The van der Waals surface area contributed by atoms with Crippen LogP contribution in [-0.4, -0.2) is 13.7 Å². The van der Waals surface area contributed by atoms with Gasteiger partial charge >= 0.3 is 0 Å². The van der Waals surface area contributed by atoms with Crippen LogP contribution in [0.15, 0.2) is 65.2 Å². The van der Waals surface area contributed by atoms with Gasteiger partial charge in [0, 0.05) is 50.9 Å². The first-order chi connectivity index (χ1) is 32.6. The summed E-state index contributed by atoms with van der Waals surface area (Å²) in [5.41, 5.74) is -2.10. The molecular weight excluding hydrogens is 835 g/mol. The quantitative estimate of drug-likeness (QED) is 0.0320. The Labute approximate surface area is 391 Å². The molecule has 0 unspecified atom stereocenters. The first-order valence-corrected chi connectivity index (χ1v) is 26.3. The Balaban J connectivity index is 1.40. The van der Waals surface area contributed by atoms with E-state index in [9.17, 15) is 19.2 Å². The topological polar surface area (TPSA) is 117 Å². The molecule has 3 aromatic heterocycles. The SMILES string of the molecule is CCCCCCC(CCCCCC)n1c(=O)c2ccc3c4ccc5c(=O)n(C(CCCCCC)CCCCCC)c(=O)c6cc7c8c(=O)n(CCCC)c(=O)c8c8cc(c1=O)c2c3c8c7c4c56. The lowest BCUT2D eigenvalue weighted by molar-refractivity contribution is 0.384. The van der Waals surface area contributed by atoms with E-state index in [1.165, 1.54) is 13.7 Å². The Morgan fingerprint density at radius 2 is 0.627 bits per heavy atom. The number of nitrogens with zero attached hydrogens (tertiary/aromatic N) is 3. The summed E-state index contributed by atoms with van der Waals surface area (Å²) in [5.74, 6) is 0. The third-order valence-corrected chi connectivity index (χ3v) is 15.6. The maximum absolute atomic E-state index is 15.3. The van der Waals surface area contributed by atoms with E-state index in [0.717, 1.165) is 146 Å². The molecule has 9 nitrogen and oxygen atoms in total. The number of rotatable bonds is 25. The van der Waals surface area contributed by atoms with Crippen LogP contribution in [0.1, 0.15) is 188 Å². The van der Waals surface area contributed by atoms with Crippen molar-refractivity contribution in [2.45, 2.75) is 195 Å². The predicted molar refractivity (Wildman–Crippen MR) is 282 cm³/mol. The van der Waals surface area contributed by atoms with Crippen LogP contribution in [0.25, 0.3) is 86.2 Å². The molecular formula is C58H69N3O6. The molecule has 3 heterocycles. The van der Waals surface area contributed by atoms with Crippen molar-refractivity contribution in [1.29, 1.82) is 0 Å². The summed E-state index contributed by atoms with van der Waals surface area (Å²) in [4.78, 5) is 90.3. The van der Waals surface area contributed by atoms with E-state index < -0.39 is 11.1 Å². The zero-order valence-corrected chi connectivity index (χ0v) is 40.7. The van der Waals surface area contributed by atoms with Gasteiger partial charge in [0.1, 0.15) is 0 Å². The van der Waals surface area contributed by atoms with E-state index in [0.29, 0.717) is 71.1 Å². The lowest BCUT2D eigenvalue weighted by atomic mass is 9.81. The Morgan fingerprint density at radius 1 is 0.313 bits per heavy atom. The van der Waals surface area contributed by atoms with Crippen LogP contribution in [0.2, 0.25) is 0 Å². The number of hydrogen-bond donors (Lipinski definition) is 0. The van der Waals surface area contributed by atoms with E-state index in [1.54, 1.807) is 12.1 Å². The minimum Gasteiger partial charge on any atom is -0.274 e. The Kier molecular flexibility index (Phi) is 13.7. The van der Waals surface area contributed by atoms with Crippen LogP contribution in [0.5, 0.6) is 0 Å². The number of hydrogen-bond acceptors (Lipinski definition) is 6. The molecule has 0 saturated carbocycles. The van der Waals surface area contributed by atoms with Gasteiger partial charge < -0.3 is 0 Å². The van der Waals surface area contributed by atoms with Crippen molar-refractivity contribution in [3.8, 4) is 0 Å². The van der Waals surface area contributed by atoms with Gasteiger partial charge in [-0.2, -0.15) is 0 Å². The normalized spacial score (nSPS) is 12.8. The second-order valence-corrected chi connectivity index (χ2v) is 20.0. The molecule has 0 atom stereocenters. The summed E-state index contributed by atoms with van der Waals surface area (Å²) >= 11 is 0. The third kappa shape index (κ3) is 7.67. The van der Waals surface area contributed by atoms with Gasteiger partial charge in [-0.05, 0) is 99.5 Å². The fraction of sp³-hybridized carbons (Fsp3) is 0.517. The smallest absolute Gasteiger partial charge is 0.262 e. The first kappa shape index (κ1) is 46.7. The van der Waals surface area contributed by atoms with Crippen LogP contribution in [0, 0.1) is 0 Å². The van der Waals surface area contributed by atoms with Crippen LogP contribution >= 0.6 is 0 Å². The minimum absolute atomic E-state index is 0.245. The molecule has 9 rings (SSSR count). The molecule has 352 valence electrons. The van der Waals surface area contributed by atoms with Crippen molar-refractivity contribution in [2.24, 2.45) is 0 Å². The highest BCUT2D eigenvalue weighted by Crippen LogP contribution is 2.50. The largest absolute Gasteiger partial charge is 0.274 e. The highest BCUT2D eigenvalue weighted by Gasteiger charge is 2.31. The molecule has 0 bridgehead atoms. The summed E-state index contributed by atoms with van der Waals surface area (Å²) in [5, 5.41) is 8.66. The van der Waals surface area contributed by atoms with Gasteiger partial charge in [-0.15, -0.1) is 0 Å². The molecule has 0 spiro atoms. The molecule has 67 heavy (non-hydrogen) atoms. The van der Waals surface area contributed by atoms with Crippen LogP contribution < -0.4 is 33.4 Å². The molecule has 0 saturated heterocycles. The molecule has 9 aromatic rings. The minimum atomic E-state index is -0.406. The number of fused-ring (bicyclic) bond motifs is 4. The zero-order chi connectivity index (χ0) is 47.1. The van der Waals surface area contributed by atoms with Crippen molar-refractivity contribution in [3.63, 3.8) is 0 Å². The van der Waals surface area contributed by atoms with E-state index in [-0.39, 0.29) is 51.6 Å². The highest BCUT2D eigenvalue weighted by atomic mass is 16.2. The molecule has 6 aromatic carbocycles. The Morgan fingerprint density at radius 3 is 0.970 bits per heavy atom. The Hall–Kier alpha value is -5.44. The van der Waals surface area contributed by atoms with E-state index in [2.05, 4.69) is 27.7 Å². The van der Waals surface area contributed by atoms with Crippen LogP contribution in [0.3, 0.4) is 0 Å². The van der Waals surface area contributed by atoms with Crippen molar-refractivity contribution >= 4 is 86.2 Å². The maximum Gasteiger partial charge on any atom is 0.262 e. The second-order valence-electron chi connectivity index (χ2n) is 20.0. The number of pyridine rings is 2. The Bertz CT molecular complexity index is 3310. The van der Waals surface area contributed by atoms with Gasteiger partial charge in [-0.3, -0.25) is 42.5 Å².